The lowest BCUT2D eigenvalue weighted by atomic mass is 10.2. The largest absolute Gasteiger partial charge is 0.480 e. The summed E-state index contributed by atoms with van der Waals surface area (Å²) in [7, 11) is -3.90. The maximum Gasteiger partial charge on any atom is 0.321 e. The van der Waals surface area contributed by atoms with Gasteiger partial charge in [-0.3, -0.25) is 4.79 Å². The van der Waals surface area contributed by atoms with E-state index in [1.807, 2.05) is 0 Å². The maximum absolute atomic E-state index is 12.0. The lowest BCUT2D eigenvalue weighted by Crippen LogP contribution is -2.41. The average Bonchev–Trinajstić information content (AvgIpc) is 2.57. The van der Waals surface area contributed by atoms with E-state index in [0.717, 1.165) is 0 Å². The molecule has 1 aromatic heterocycles. The molecule has 6 nitrogen and oxygen atoms in total. The molecule has 1 rings (SSSR count). The van der Waals surface area contributed by atoms with Crippen LogP contribution in [0.25, 0.3) is 0 Å². The topological polar surface area (TPSA) is 104 Å². The number of aryl methyl sites for hydroxylation is 1. The number of aliphatic hydroxyl groups excluding tert-OH is 1. The minimum absolute atomic E-state index is 0.0450. The molecule has 0 spiro atoms. The van der Waals surface area contributed by atoms with Crippen LogP contribution in [0.2, 0.25) is 0 Å². The van der Waals surface area contributed by atoms with Gasteiger partial charge < -0.3 is 10.2 Å². The maximum atomic E-state index is 12.0. The highest BCUT2D eigenvalue weighted by Crippen LogP contribution is 2.29. The minimum atomic E-state index is -3.90. The van der Waals surface area contributed by atoms with E-state index in [9.17, 15) is 13.2 Å². The van der Waals surface area contributed by atoms with Crippen molar-refractivity contribution < 1.29 is 23.4 Å². The van der Waals surface area contributed by atoms with Gasteiger partial charge in [-0.2, -0.15) is 4.72 Å². The minimum Gasteiger partial charge on any atom is -0.480 e. The van der Waals surface area contributed by atoms with E-state index in [2.05, 4.69) is 20.7 Å². The number of carbonyl (C=O) groups is 1. The predicted molar refractivity (Wildman–Crippen MR) is 70.2 cm³/mol. The SMILES string of the molecule is Cc1sc(Br)cc1S(=O)(=O)N[C@H](CCO)C(=O)O. The second-order valence-electron chi connectivity index (χ2n) is 3.50. The average molecular weight is 358 g/mol. The van der Waals surface area contributed by atoms with Gasteiger partial charge in [-0.25, -0.2) is 8.42 Å². The molecule has 1 atom stereocenters. The van der Waals surface area contributed by atoms with Crippen LogP contribution in [0.15, 0.2) is 14.7 Å². The highest BCUT2D eigenvalue weighted by Gasteiger charge is 2.27. The monoisotopic (exact) mass is 357 g/mol. The first-order chi connectivity index (χ1) is 8.27. The molecule has 3 N–H and O–H groups in total. The first kappa shape index (κ1) is 15.6. The van der Waals surface area contributed by atoms with Gasteiger partial charge in [0.1, 0.15) is 6.04 Å². The summed E-state index contributed by atoms with van der Waals surface area (Å²) >= 11 is 4.42. The van der Waals surface area contributed by atoms with Gasteiger partial charge in [0.2, 0.25) is 10.0 Å². The Hall–Kier alpha value is -0.480. The summed E-state index contributed by atoms with van der Waals surface area (Å²) in [5.74, 6) is -1.32. The van der Waals surface area contributed by atoms with Crippen LogP contribution in [-0.2, 0) is 14.8 Å². The Kier molecular flexibility index (Phi) is 5.29. The number of nitrogens with one attached hydrogen (secondary N) is 1. The van der Waals surface area contributed by atoms with Crippen LogP contribution in [0.4, 0.5) is 0 Å². The normalized spacial score (nSPS) is 13.5. The third-order valence-electron chi connectivity index (χ3n) is 2.14. The molecule has 102 valence electrons. The lowest BCUT2D eigenvalue weighted by molar-refractivity contribution is -0.139. The lowest BCUT2D eigenvalue weighted by Gasteiger charge is -2.13. The number of sulfonamides is 1. The van der Waals surface area contributed by atoms with Crippen LogP contribution in [0.5, 0.6) is 0 Å². The van der Waals surface area contributed by atoms with Gasteiger partial charge in [-0.1, -0.05) is 0 Å². The van der Waals surface area contributed by atoms with Crippen LogP contribution in [-0.4, -0.2) is 37.2 Å². The van der Waals surface area contributed by atoms with E-state index in [-0.39, 0.29) is 11.3 Å². The second kappa shape index (κ2) is 6.11. The Morgan fingerprint density at radius 1 is 1.61 bits per heavy atom. The van der Waals surface area contributed by atoms with Crippen LogP contribution < -0.4 is 4.72 Å². The molecule has 1 aromatic rings. The zero-order valence-corrected chi connectivity index (χ0v) is 12.6. The second-order valence-corrected chi connectivity index (χ2v) is 7.81. The van der Waals surface area contributed by atoms with Crippen molar-refractivity contribution in [3.05, 3.63) is 14.7 Å². The summed E-state index contributed by atoms with van der Waals surface area (Å²) in [4.78, 5) is 11.4. The van der Waals surface area contributed by atoms with E-state index in [1.165, 1.54) is 17.4 Å². The zero-order valence-electron chi connectivity index (χ0n) is 9.38. The summed E-state index contributed by atoms with van der Waals surface area (Å²) in [6.45, 7) is 1.22. The predicted octanol–water partition coefficient (Wildman–Crippen LogP) is 0.933. The highest BCUT2D eigenvalue weighted by molar-refractivity contribution is 9.11. The highest BCUT2D eigenvalue weighted by atomic mass is 79.9. The number of aliphatic carboxylic acids is 1. The van der Waals surface area contributed by atoms with Gasteiger partial charge in [-0.05, 0) is 35.3 Å². The number of hydrogen-bond donors (Lipinski definition) is 3. The van der Waals surface area contributed by atoms with Crippen LogP contribution >= 0.6 is 27.3 Å². The van der Waals surface area contributed by atoms with E-state index in [1.54, 1.807) is 6.92 Å². The summed E-state index contributed by atoms with van der Waals surface area (Å²) in [5.41, 5.74) is 0. The first-order valence-corrected chi connectivity index (χ1v) is 7.99. The molecule has 0 saturated heterocycles. The molecule has 0 aliphatic carbocycles. The molecule has 0 unspecified atom stereocenters. The standard InChI is InChI=1S/C9H12BrNO5S2/c1-5-7(4-8(10)17-5)18(15,16)11-6(2-3-12)9(13)14/h4,6,11-12H,2-3H2,1H3,(H,13,14)/t6-/m1/s1. The fraction of sp³-hybridized carbons (Fsp3) is 0.444. The molecule has 1 heterocycles. The van der Waals surface area contributed by atoms with Crippen LogP contribution in [0.1, 0.15) is 11.3 Å². The third kappa shape index (κ3) is 3.75. The van der Waals surface area contributed by atoms with Crippen molar-refractivity contribution in [1.29, 1.82) is 0 Å². The number of halogens is 1. The molecule has 0 aliphatic heterocycles. The van der Waals surface area contributed by atoms with E-state index in [0.29, 0.717) is 8.66 Å². The molecular formula is C9H12BrNO5S2. The van der Waals surface area contributed by atoms with Crippen molar-refractivity contribution in [2.24, 2.45) is 0 Å². The van der Waals surface area contributed by atoms with Gasteiger partial charge in [0, 0.05) is 11.5 Å². The molecule has 0 aromatic carbocycles. The van der Waals surface area contributed by atoms with E-state index in [4.69, 9.17) is 10.2 Å². The van der Waals surface area contributed by atoms with Crippen molar-refractivity contribution in [3.8, 4) is 0 Å². The number of rotatable bonds is 6. The Morgan fingerprint density at radius 2 is 2.22 bits per heavy atom. The zero-order chi connectivity index (χ0) is 13.9. The smallest absolute Gasteiger partial charge is 0.321 e. The van der Waals surface area contributed by atoms with Gasteiger partial charge in [0.15, 0.2) is 0 Å². The number of thiophene rings is 1. The summed E-state index contributed by atoms with van der Waals surface area (Å²) in [6.07, 6.45) is -0.182. The molecule has 18 heavy (non-hydrogen) atoms. The molecule has 0 saturated carbocycles. The molecule has 0 bridgehead atoms. The molecular weight excluding hydrogens is 346 g/mol. The Morgan fingerprint density at radius 3 is 2.61 bits per heavy atom. The molecule has 0 radical (unpaired) electrons. The van der Waals surface area contributed by atoms with Crippen LogP contribution in [0, 0.1) is 6.92 Å². The van der Waals surface area contributed by atoms with Crippen molar-refractivity contribution in [2.45, 2.75) is 24.3 Å². The van der Waals surface area contributed by atoms with E-state index >= 15 is 0 Å². The first-order valence-electron chi connectivity index (χ1n) is 4.90. The number of hydrogen-bond acceptors (Lipinski definition) is 5. The quantitative estimate of drug-likeness (QED) is 0.702. The fourth-order valence-corrected chi connectivity index (χ4v) is 4.95. The molecule has 0 amide bonds. The van der Waals surface area contributed by atoms with Gasteiger partial charge in [0.25, 0.3) is 0 Å². The van der Waals surface area contributed by atoms with Gasteiger partial charge in [0.05, 0.1) is 8.68 Å². The van der Waals surface area contributed by atoms with Crippen molar-refractivity contribution in [2.75, 3.05) is 6.61 Å². The molecule has 0 aliphatic rings. The van der Waals surface area contributed by atoms with Crippen molar-refractivity contribution in [1.82, 2.24) is 4.72 Å². The fourth-order valence-electron chi connectivity index (χ4n) is 1.31. The number of carboxylic acid groups (broad SMARTS) is 1. The summed E-state index contributed by atoms with van der Waals surface area (Å²) in [6, 6.07) is 0.0817. The summed E-state index contributed by atoms with van der Waals surface area (Å²) in [5, 5.41) is 17.6. The Bertz CT molecular complexity index is 539. The van der Waals surface area contributed by atoms with Gasteiger partial charge in [-0.15, -0.1) is 11.3 Å². The van der Waals surface area contributed by atoms with E-state index < -0.39 is 28.6 Å². The number of aliphatic hydroxyl groups is 1. The van der Waals surface area contributed by atoms with Crippen molar-refractivity contribution >= 4 is 43.3 Å². The van der Waals surface area contributed by atoms with Crippen LogP contribution in [0.3, 0.4) is 0 Å². The van der Waals surface area contributed by atoms with Crippen molar-refractivity contribution in [3.63, 3.8) is 0 Å². The third-order valence-corrected chi connectivity index (χ3v) is 5.43. The van der Waals surface area contributed by atoms with Gasteiger partial charge >= 0.3 is 5.97 Å². The Balaban J connectivity index is 3.00. The Labute approximate surface area is 117 Å². The number of carboxylic acids is 1. The molecule has 9 heteroatoms. The summed E-state index contributed by atoms with van der Waals surface area (Å²) < 4.78 is 26.7. The molecule has 0 fully saturated rings.